The summed E-state index contributed by atoms with van der Waals surface area (Å²) in [6, 6.07) is 50.4. The van der Waals surface area contributed by atoms with Crippen LogP contribution in [-0.4, -0.2) is 73.4 Å². The van der Waals surface area contributed by atoms with Crippen molar-refractivity contribution in [2.45, 2.75) is 55.5 Å². The van der Waals surface area contributed by atoms with Crippen molar-refractivity contribution in [2.75, 3.05) is 50.1 Å². The molecule has 4 N–H and O–H groups in total. The van der Waals surface area contributed by atoms with Crippen LogP contribution in [0.2, 0.25) is 0 Å². The van der Waals surface area contributed by atoms with E-state index in [1.807, 2.05) is 85.1 Å². The molecule has 0 aromatic heterocycles. The molecule has 2 fully saturated rings. The minimum Gasteiger partial charge on any atom is -0.486 e. The number of piperidine rings is 2. The topological polar surface area (TPSA) is 172 Å². The summed E-state index contributed by atoms with van der Waals surface area (Å²) >= 11 is 0. The van der Waals surface area contributed by atoms with Crippen molar-refractivity contribution in [3.8, 4) is 46.0 Å². The number of fused-ring (bicyclic) bond motifs is 3. The fraction of sp³-hybridized carbons (Fsp3) is 0.268. The van der Waals surface area contributed by atoms with E-state index < -0.39 is 11.3 Å². The molecule has 1 unspecified atom stereocenters. The number of aliphatic imine (C=N–C) groups is 2. The van der Waals surface area contributed by atoms with Gasteiger partial charge in [0.1, 0.15) is 22.7 Å². The molecule has 6 aromatic carbocycles. The van der Waals surface area contributed by atoms with Crippen LogP contribution in [0.5, 0.6) is 11.5 Å². The second-order valence-electron chi connectivity index (χ2n) is 18.1. The quantitative estimate of drug-likeness (QED) is 0.0872. The number of nitrogens with zero attached hydrogens (tertiary/aromatic N) is 8. The molecule has 0 amide bonds. The lowest BCUT2D eigenvalue weighted by Crippen LogP contribution is -2.54. The van der Waals surface area contributed by atoms with Gasteiger partial charge in [-0.25, -0.2) is 25.2 Å². The van der Waals surface area contributed by atoms with Gasteiger partial charge in [0.25, 0.3) is 0 Å². The normalized spacial score (nSPS) is 19.4. The third-order valence-electron chi connectivity index (χ3n) is 13.7. The van der Waals surface area contributed by atoms with Gasteiger partial charge in [-0.2, -0.15) is 15.5 Å². The van der Waals surface area contributed by atoms with Crippen molar-refractivity contribution in [1.82, 2.24) is 10.5 Å². The highest BCUT2D eigenvalue weighted by Crippen LogP contribution is 2.53. The Kier molecular flexibility index (Phi) is 14.9. The maximum atomic E-state index is 9.36. The highest BCUT2D eigenvalue weighted by Gasteiger charge is 2.55. The van der Waals surface area contributed by atoms with Crippen LogP contribution in [0.15, 0.2) is 156 Å². The molecule has 6 aromatic rings. The molecule has 0 bridgehead atoms. The summed E-state index contributed by atoms with van der Waals surface area (Å²) in [5.74, 6) is 1.91. The highest BCUT2D eigenvalue weighted by molar-refractivity contribution is 6.06. The Bertz CT molecular complexity index is 3040. The Morgan fingerprint density at radius 2 is 1.27 bits per heavy atom. The molecule has 71 heavy (non-hydrogen) atoms. The first-order chi connectivity index (χ1) is 34.1. The molecule has 0 aliphatic carbocycles. The van der Waals surface area contributed by atoms with Gasteiger partial charge in [0.05, 0.1) is 29.5 Å². The molecule has 5 aliphatic heterocycles. The summed E-state index contributed by atoms with van der Waals surface area (Å²) in [6.45, 7) is 10.9. The van der Waals surface area contributed by atoms with Crippen LogP contribution in [0.25, 0.3) is 27.1 Å². The largest absolute Gasteiger partial charge is 0.486 e. The number of hydroxylamine groups is 3. The zero-order chi connectivity index (χ0) is 48.7. The lowest BCUT2D eigenvalue weighted by Gasteiger charge is -2.49. The number of rotatable bonds is 4. The van der Waals surface area contributed by atoms with Crippen LogP contribution in [0.4, 0.5) is 17.1 Å². The van der Waals surface area contributed by atoms with Crippen molar-refractivity contribution < 1.29 is 19.5 Å². The summed E-state index contributed by atoms with van der Waals surface area (Å²) in [6.07, 6.45) is 6.68. The van der Waals surface area contributed by atoms with Crippen molar-refractivity contribution in [1.29, 1.82) is 10.5 Å². The Morgan fingerprint density at radius 3 is 1.85 bits per heavy atom. The van der Waals surface area contributed by atoms with Crippen LogP contribution in [-0.2, 0) is 10.6 Å². The molecule has 14 nitrogen and oxygen atoms in total. The molecular weight excluding hydrogens is 912 g/mol. The van der Waals surface area contributed by atoms with Crippen LogP contribution >= 0.6 is 12.4 Å². The van der Waals surface area contributed by atoms with Gasteiger partial charge in [-0.05, 0) is 89.0 Å². The van der Waals surface area contributed by atoms with E-state index in [2.05, 4.69) is 80.3 Å². The summed E-state index contributed by atoms with van der Waals surface area (Å²) in [5.41, 5.74) is 16.4. The zero-order valence-corrected chi connectivity index (χ0v) is 40.5. The second kappa shape index (κ2) is 21.4. The lowest BCUT2D eigenvalue weighted by atomic mass is 9.78. The van der Waals surface area contributed by atoms with E-state index in [4.69, 9.17) is 36.8 Å². The first kappa shape index (κ1) is 49.5. The van der Waals surface area contributed by atoms with E-state index in [-0.39, 0.29) is 18.0 Å². The van der Waals surface area contributed by atoms with Crippen molar-refractivity contribution in [2.24, 2.45) is 15.7 Å². The zero-order valence-electron chi connectivity index (χ0n) is 39.7. The number of hydrogen-bond acceptors (Lipinski definition) is 13. The number of nitriles is 2. The van der Waals surface area contributed by atoms with E-state index in [1.54, 1.807) is 29.7 Å². The van der Waals surface area contributed by atoms with Gasteiger partial charge < -0.3 is 30.2 Å². The predicted octanol–water partition coefficient (Wildman–Crippen LogP) is 10.4. The number of ether oxygens (including phenoxy) is 2. The minimum absolute atomic E-state index is 0. The van der Waals surface area contributed by atoms with E-state index in [9.17, 15) is 10.5 Å². The average molecular weight is 968 g/mol. The van der Waals surface area contributed by atoms with Crippen LogP contribution in [0.3, 0.4) is 0 Å². The van der Waals surface area contributed by atoms with E-state index >= 15 is 0 Å². The van der Waals surface area contributed by atoms with Crippen molar-refractivity contribution in [3.63, 3.8) is 0 Å². The summed E-state index contributed by atoms with van der Waals surface area (Å²) in [7, 11) is 3.22. The standard InChI is InChI=1S/C28H27N5O2.C27H22N4O.CH5NO.ClH/c1-32-26(30)31-28(35-32)19-27(12-14-33(15-13-27)23-8-3-2-4-9-23)34-25-11-10-22(17-24(25)28)21-7-5-6-20(16-21)18-29;1-29-22-7-5-6-20(16-22)21-10-11-26-24(17-21)25(30-19-28)18-27(32-26)12-14-31(15-13-27)23-8-3-2-4-9-23;1-2-3;/h2-11,16-17H,12-15,19H2,1H3,(H2,30,31);2-11,16-17H,12-15,18H2;2-3H,1H3;1H. The molecule has 2 saturated heterocycles. The van der Waals surface area contributed by atoms with Crippen molar-refractivity contribution in [3.05, 3.63) is 174 Å². The van der Waals surface area contributed by atoms with Crippen molar-refractivity contribution >= 4 is 41.1 Å². The maximum Gasteiger partial charge on any atom is 0.222 e. The molecule has 11 rings (SSSR count). The fourth-order valence-corrected chi connectivity index (χ4v) is 10.2. The van der Waals surface area contributed by atoms with E-state index in [0.717, 1.165) is 102 Å². The number of para-hydroxylation sites is 2. The number of halogens is 1. The van der Waals surface area contributed by atoms with E-state index in [1.165, 1.54) is 18.4 Å². The summed E-state index contributed by atoms with van der Waals surface area (Å²) in [5, 5.41) is 27.6. The summed E-state index contributed by atoms with van der Waals surface area (Å²) in [4.78, 5) is 23.7. The van der Waals surface area contributed by atoms with Gasteiger partial charge in [-0.15, -0.1) is 12.4 Å². The first-order valence-electron chi connectivity index (χ1n) is 23.4. The van der Waals surface area contributed by atoms with Gasteiger partial charge in [0.2, 0.25) is 17.9 Å². The van der Waals surface area contributed by atoms with Gasteiger partial charge in [0, 0.05) is 95.7 Å². The highest BCUT2D eigenvalue weighted by atomic mass is 35.5. The molecule has 1 atom stereocenters. The van der Waals surface area contributed by atoms with Gasteiger partial charge in [0.15, 0.2) is 5.69 Å². The molecule has 5 heterocycles. The second-order valence-corrected chi connectivity index (χ2v) is 18.1. The van der Waals surface area contributed by atoms with Crippen LogP contribution in [0.1, 0.15) is 55.2 Å². The molecule has 0 saturated carbocycles. The Morgan fingerprint density at radius 1 is 0.718 bits per heavy atom. The molecule has 0 radical (unpaired) electrons. The minimum atomic E-state index is -0.940. The number of nitrogens with two attached hydrogens (primary N) is 1. The third kappa shape index (κ3) is 10.5. The number of benzene rings is 6. The monoisotopic (exact) mass is 966 g/mol. The number of nitrogens with one attached hydrogen (secondary N) is 1. The molecule has 15 heteroatoms. The number of anilines is 2. The molecular formula is C56H55ClN10O4. The van der Waals surface area contributed by atoms with Crippen LogP contribution < -0.4 is 30.5 Å². The molecule has 360 valence electrons. The summed E-state index contributed by atoms with van der Waals surface area (Å²) < 4.78 is 13.3. The molecule has 5 aliphatic rings. The maximum absolute atomic E-state index is 9.36. The third-order valence-corrected chi connectivity index (χ3v) is 13.7. The molecule has 3 spiro atoms. The fourth-order valence-electron chi connectivity index (χ4n) is 10.2. The Hall–Kier alpha value is -7.90. The van der Waals surface area contributed by atoms with Gasteiger partial charge >= 0.3 is 0 Å². The Labute approximate surface area is 421 Å². The predicted molar refractivity (Wildman–Crippen MR) is 279 cm³/mol. The Balaban J connectivity index is 0.000000179. The average Bonchev–Trinajstić information content (AvgIpc) is 3.68. The van der Waals surface area contributed by atoms with E-state index in [0.29, 0.717) is 30.1 Å². The van der Waals surface area contributed by atoms with Crippen LogP contribution in [0, 0.1) is 29.4 Å². The number of guanidine groups is 1. The van der Waals surface area contributed by atoms with Gasteiger partial charge in [-0.3, -0.25) is 0 Å². The lowest BCUT2D eigenvalue weighted by molar-refractivity contribution is -0.206. The first-order valence-corrected chi connectivity index (χ1v) is 23.4. The SMILES string of the molecule is CN1OC2(CC3(CCN(c4ccccc4)CC3)Oc3ccc(-c4cccc(C#N)c4)cc32)N=C1N.CNO.Cl.[C-]#[N+]c1cccc(-c2ccc3c(c2)C(=NC#N)CC2(CCN(c4ccccc4)CC2)O3)c1. The smallest absolute Gasteiger partial charge is 0.222 e. The van der Waals surface area contributed by atoms with Gasteiger partial charge in [-0.1, -0.05) is 78.9 Å². The number of hydrogen-bond donors (Lipinski definition) is 3.